The summed E-state index contributed by atoms with van der Waals surface area (Å²) >= 11 is 0. The van der Waals surface area contributed by atoms with Gasteiger partial charge in [0.2, 0.25) is 5.91 Å². The molecule has 2 heterocycles. The number of carbonyl (C=O) groups is 2. The minimum absolute atomic E-state index is 0.0808. The number of hydrogen-bond donors (Lipinski definition) is 2. The van der Waals surface area contributed by atoms with E-state index < -0.39 is 0 Å². The number of amides is 2. The normalized spacial score (nSPS) is 13.5. The Morgan fingerprint density at radius 2 is 2.33 bits per heavy atom. The van der Waals surface area contributed by atoms with Gasteiger partial charge in [0.1, 0.15) is 12.2 Å². The fourth-order valence-electron chi connectivity index (χ4n) is 2.25. The van der Waals surface area contributed by atoms with Crippen molar-refractivity contribution in [2.75, 3.05) is 0 Å². The first-order valence-corrected chi connectivity index (χ1v) is 6.66. The van der Waals surface area contributed by atoms with Crippen molar-refractivity contribution in [1.29, 1.82) is 0 Å². The molecule has 0 atom stereocenters. The quantitative estimate of drug-likeness (QED) is 0.840. The fraction of sp³-hybridized carbons (Fsp3) is 0.286. The number of fused-ring (bicyclic) bond motifs is 1. The highest BCUT2D eigenvalue weighted by Crippen LogP contribution is 2.09. The maximum Gasteiger partial charge on any atom is 0.251 e. The van der Waals surface area contributed by atoms with Crippen molar-refractivity contribution in [2.24, 2.45) is 0 Å². The minimum Gasteiger partial charge on any atom is -0.349 e. The van der Waals surface area contributed by atoms with Gasteiger partial charge in [-0.15, -0.1) is 5.10 Å². The zero-order valence-corrected chi connectivity index (χ0v) is 11.6. The van der Waals surface area contributed by atoms with E-state index in [4.69, 9.17) is 0 Å². The second kappa shape index (κ2) is 5.35. The monoisotopic (exact) mass is 285 g/mol. The molecule has 0 saturated carbocycles. The first-order valence-electron chi connectivity index (χ1n) is 6.66. The van der Waals surface area contributed by atoms with Crippen molar-refractivity contribution >= 4 is 11.8 Å². The zero-order chi connectivity index (χ0) is 14.8. The lowest BCUT2D eigenvalue weighted by molar-refractivity contribution is -0.122. The van der Waals surface area contributed by atoms with E-state index in [0.717, 1.165) is 11.3 Å². The predicted octanol–water partition coefficient (Wildman–Crippen LogP) is 0.146. The minimum atomic E-state index is -0.153. The van der Waals surface area contributed by atoms with Gasteiger partial charge < -0.3 is 10.6 Å². The van der Waals surface area contributed by atoms with Crippen molar-refractivity contribution in [3.05, 3.63) is 46.8 Å². The van der Waals surface area contributed by atoms with Gasteiger partial charge in [-0.1, -0.05) is 22.9 Å². The van der Waals surface area contributed by atoms with Crippen LogP contribution < -0.4 is 10.6 Å². The summed E-state index contributed by atoms with van der Waals surface area (Å²) in [7, 11) is 0. The molecule has 0 aliphatic carbocycles. The van der Waals surface area contributed by atoms with Crippen molar-refractivity contribution in [2.45, 2.75) is 26.6 Å². The highest BCUT2D eigenvalue weighted by atomic mass is 16.2. The number of nitrogens with zero attached hydrogens (tertiary/aromatic N) is 3. The number of rotatable bonds is 3. The van der Waals surface area contributed by atoms with Crippen LogP contribution in [0.2, 0.25) is 0 Å². The van der Waals surface area contributed by atoms with Crippen molar-refractivity contribution < 1.29 is 9.59 Å². The van der Waals surface area contributed by atoms with Gasteiger partial charge in [0.05, 0.1) is 18.8 Å². The van der Waals surface area contributed by atoms with Gasteiger partial charge in [-0.25, -0.2) is 4.68 Å². The summed E-state index contributed by atoms with van der Waals surface area (Å²) in [4.78, 5) is 23.3. The molecular formula is C14H15N5O2. The molecule has 7 nitrogen and oxygen atoms in total. The van der Waals surface area contributed by atoms with Crippen LogP contribution in [0.5, 0.6) is 0 Å². The molecule has 2 aromatic rings. The van der Waals surface area contributed by atoms with E-state index in [1.807, 2.05) is 25.1 Å². The number of aromatic nitrogens is 3. The van der Waals surface area contributed by atoms with Crippen LogP contribution in [0.3, 0.4) is 0 Å². The van der Waals surface area contributed by atoms with E-state index >= 15 is 0 Å². The Hall–Kier alpha value is -2.70. The van der Waals surface area contributed by atoms with Gasteiger partial charge in [-0.2, -0.15) is 0 Å². The molecule has 1 aliphatic heterocycles. The number of hydrogen-bond acceptors (Lipinski definition) is 4. The maximum atomic E-state index is 12.1. The molecule has 108 valence electrons. The third kappa shape index (κ3) is 2.76. The second-order valence-corrected chi connectivity index (χ2v) is 4.97. The predicted molar refractivity (Wildman–Crippen MR) is 74.2 cm³/mol. The Morgan fingerprint density at radius 3 is 3.14 bits per heavy atom. The van der Waals surface area contributed by atoms with Crippen LogP contribution in [0.15, 0.2) is 24.3 Å². The lowest BCUT2D eigenvalue weighted by atomic mass is 10.1. The van der Waals surface area contributed by atoms with Crippen molar-refractivity contribution in [3.8, 4) is 0 Å². The van der Waals surface area contributed by atoms with Crippen LogP contribution in [0, 0.1) is 6.92 Å². The molecular weight excluding hydrogens is 270 g/mol. The number of benzene rings is 1. The molecule has 21 heavy (non-hydrogen) atoms. The van der Waals surface area contributed by atoms with Crippen molar-refractivity contribution in [1.82, 2.24) is 25.6 Å². The van der Waals surface area contributed by atoms with Gasteiger partial charge in [-0.3, -0.25) is 9.59 Å². The molecule has 1 aromatic carbocycles. The van der Waals surface area contributed by atoms with E-state index in [1.54, 1.807) is 10.7 Å². The SMILES string of the molecule is Cc1cccc(C(=O)NCc2nnn3c2CNC(=O)C3)c1. The molecule has 0 saturated heterocycles. The molecule has 2 N–H and O–H groups in total. The molecule has 1 aromatic heterocycles. The molecule has 1 aliphatic rings. The van der Waals surface area contributed by atoms with Crippen LogP contribution in [-0.4, -0.2) is 26.8 Å². The lowest BCUT2D eigenvalue weighted by Crippen LogP contribution is -2.35. The third-order valence-corrected chi connectivity index (χ3v) is 3.36. The summed E-state index contributed by atoms with van der Waals surface area (Å²) in [6, 6.07) is 7.38. The topological polar surface area (TPSA) is 88.9 Å². The van der Waals surface area contributed by atoms with Crippen molar-refractivity contribution in [3.63, 3.8) is 0 Å². The summed E-state index contributed by atoms with van der Waals surface area (Å²) < 4.78 is 1.56. The standard InChI is InChI=1S/C14H15N5O2/c1-9-3-2-4-10(5-9)14(21)16-6-11-12-7-15-13(20)8-19(12)18-17-11/h2-5H,6-8H2,1H3,(H,15,20)(H,16,21). The average molecular weight is 285 g/mol. The molecule has 0 radical (unpaired) electrons. The summed E-state index contributed by atoms with van der Waals surface area (Å²) in [5.74, 6) is -0.233. The van der Waals surface area contributed by atoms with Crippen LogP contribution in [0.4, 0.5) is 0 Å². The maximum absolute atomic E-state index is 12.1. The number of carbonyl (C=O) groups excluding carboxylic acids is 2. The first-order chi connectivity index (χ1) is 10.1. The summed E-state index contributed by atoms with van der Waals surface area (Å²) in [5, 5.41) is 13.5. The highest BCUT2D eigenvalue weighted by molar-refractivity contribution is 5.94. The van der Waals surface area contributed by atoms with Crippen LogP contribution in [0.25, 0.3) is 0 Å². The fourth-order valence-corrected chi connectivity index (χ4v) is 2.25. The Bertz CT molecular complexity index is 707. The van der Waals surface area contributed by atoms with E-state index in [1.165, 1.54) is 0 Å². The molecule has 3 rings (SSSR count). The van der Waals surface area contributed by atoms with Crippen LogP contribution >= 0.6 is 0 Å². The first kappa shape index (κ1) is 13.3. The Labute approximate surface area is 121 Å². The summed E-state index contributed by atoms with van der Waals surface area (Å²) in [6.07, 6.45) is 0. The van der Waals surface area contributed by atoms with Gasteiger partial charge in [0.15, 0.2) is 0 Å². The second-order valence-electron chi connectivity index (χ2n) is 4.97. The van der Waals surface area contributed by atoms with E-state index in [2.05, 4.69) is 20.9 Å². The smallest absolute Gasteiger partial charge is 0.251 e. The number of nitrogens with one attached hydrogen (secondary N) is 2. The molecule has 0 spiro atoms. The van der Waals surface area contributed by atoms with Gasteiger partial charge in [0.25, 0.3) is 5.91 Å². The zero-order valence-electron chi connectivity index (χ0n) is 11.6. The molecule has 0 bridgehead atoms. The Kier molecular flexibility index (Phi) is 3.39. The molecule has 7 heteroatoms. The van der Waals surface area contributed by atoms with E-state index in [0.29, 0.717) is 17.8 Å². The summed E-state index contributed by atoms with van der Waals surface area (Å²) in [6.45, 7) is 2.79. The molecule has 0 fully saturated rings. The van der Waals surface area contributed by atoms with Crippen LogP contribution in [-0.2, 0) is 24.4 Å². The van der Waals surface area contributed by atoms with E-state index in [9.17, 15) is 9.59 Å². The molecule has 0 unspecified atom stereocenters. The van der Waals surface area contributed by atoms with Crippen LogP contribution in [0.1, 0.15) is 27.3 Å². The Balaban J connectivity index is 1.68. The highest BCUT2D eigenvalue weighted by Gasteiger charge is 2.20. The van der Waals surface area contributed by atoms with Gasteiger partial charge in [0, 0.05) is 5.56 Å². The largest absolute Gasteiger partial charge is 0.349 e. The Morgan fingerprint density at radius 1 is 1.48 bits per heavy atom. The van der Waals surface area contributed by atoms with Gasteiger partial charge in [-0.05, 0) is 19.1 Å². The average Bonchev–Trinajstić information content (AvgIpc) is 2.87. The van der Waals surface area contributed by atoms with Gasteiger partial charge >= 0.3 is 0 Å². The molecule has 2 amide bonds. The summed E-state index contributed by atoms with van der Waals surface area (Å²) in [5.41, 5.74) is 3.16. The third-order valence-electron chi connectivity index (χ3n) is 3.36. The van der Waals surface area contributed by atoms with E-state index in [-0.39, 0.29) is 24.9 Å². The lowest BCUT2D eigenvalue weighted by Gasteiger charge is -2.14. The number of aryl methyl sites for hydroxylation is 1.